The number of nitrogens with zero attached hydrogens (tertiary/aromatic N) is 3. The molecule has 0 aromatic carbocycles. The molecule has 18 heavy (non-hydrogen) atoms. The van der Waals surface area contributed by atoms with Gasteiger partial charge in [0.1, 0.15) is 6.04 Å². The van der Waals surface area contributed by atoms with Gasteiger partial charge in [-0.25, -0.2) is 4.68 Å². The minimum Gasteiger partial charge on any atom is -0.352 e. The fourth-order valence-electron chi connectivity index (χ4n) is 1.75. The molecule has 0 aliphatic heterocycles. The molecule has 102 valence electrons. The molecule has 1 heterocycles. The number of carbonyl (C=O) groups excluding carboxylic acids is 1. The summed E-state index contributed by atoms with van der Waals surface area (Å²) in [7, 11) is 0. The molecule has 6 heteroatoms. The van der Waals surface area contributed by atoms with Gasteiger partial charge in [0.15, 0.2) is 0 Å². The maximum Gasteiger partial charge on any atom is 0.244 e. The van der Waals surface area contributed by atoms with Crippen LogP contribution in [0.4, 0.5) is 0 Å². The molecule has 1 amide bonds. The van der Waals surface area contributed by atoms with Gasteiger partial charge in [-0.15, -0.1) is 5.10 Å². The highest BCUT2D eigenvalue weighted by molar-refractivity contribution is 5.79. The Bertz CT molecular complexity index is 376. The van der Waals surface area contributed by atoms with Gasteiger partial charge in [-0.05, 0) is 26.8 Å². The van der Waals surface area contributed by atoms with E-state index in [0.717, 1.165) is 18.5 Å². The topological polar surface area (TPSA) is 85.8 Å². The van der Waals surface area contributed by atoms with Crippen molar-refractivity contribution in [1.29, 1.82) is 0 Å². The molecule has 1 aromatic heterocycles. The SMILES string of the molecule is CCCC(C)NC(=O)C(C)n1cc(CCN)nn1. The van der Waals surface area contributed by atoms with E-state index in [-0.39, 0.29) is 18.0 Å². The molecule has 0 bridgehead atoms. The molecule has 0 aliphatic carbocycles. The fraction of sp³-hybridized carbons (Fsp3) is 0.750. The number of hydrogen-bond donors (Lipinski definition) is 2. The monoisotopic (exact) mass is 253 g/mol. The van der Waals surface area contributed by atoms with Crippen molar-refractivity contribution in [3.63, 3.8) is 0 Å². The standard InChI is InChI=1S/C12H23N5O/c1-4-5-9(2)14-12(18)10(3)17-8-11(6-7-13)15-16-17/h8-10H,4-7,13H2,1-3H3,(H,14,18). The third-order valence-electron chi connectivity index (χ3n) is 2.84. The Hall–Kier alpha value is -1.43. The maximum atomic E-state index is 12.0. The lowest BCUT2D eigenvalue weighted by Crippen LogP contribution is -2.37. The third kappa shape index (κ3) is 4.10. The van der Waals surface area contributed by atoms with Crippen LogP contribution < -0.4 is 11.1 Å². The summed E-state index contributed by atoms with van der Waals surface area (Å²) >= 11 is 0. The van der Waals surface area contributed by atoms with Gasteiger partial charge >= 0.3 is 0 Å². The van der Waals surface area contributed by atoms with E-state index in [1.54, 1.807) is 10.9 Å². The summed E-state index contributed by atoms with van der Waals surface area (Å²) in [4.78, 5) is 12.0. The van der Waals surface area contributed by atoms with Crippen molar-refractivity contribution in [3.8, 4) is 0 Å². The third-order valence-corrected chi connectivity index (χ3v) is 2.84. The van der Waals surface area contributed by atoms with Gasteiger partial charge in [-0.1, -0.05) is 18.6 Å². The van der Waals surface area contributed by atoms with Crippen molar-refractivity contribution in [1.82, 2.24) is 20.3 Å². The van der Waals surface area contributed by atoms with E-state index in [0.29, 0.717) is 13.0 Å². The first-order valence-electron chi connectivity index (χ1n) is 6.49. The molecule has 0 fully saturated rings. The van der Waals surface area contributed by atoms with Crippen LogP contribution in [0.2, 0.25) is 0 Å². The molecular weight excluding hydrogens is 230 g/mol. The quantitative estimate of drug-likeness (QED) is 0.747. The van der Waals surface area contributed by atoms with E-state index in [2.05, 4.69) is 22.6 Å². The molecule has 1 rings (SSSR count). The lowest BCUT2D eigenvalue weighted by atomic mass is 10.2. The largest absolute Gasteiger partial charge is 0.352 e. The minimum absolute atomic E-state index is 0.0276. The normalized spacial score (nSPS) is 14.2. The van der Waals surface area contributed by atoms with E-state index in [4.69, 9.17) is 5.73 Å². The maximum absolute atomic E-state index is 12.0. The van der Waals surface area contributed by atoms with E-state index in [1.165, 1.54) is 0 Å². The predicted molar refractivity (Wildman–Crippen MR) is 70.0 cm³/mol. The summed E-state index contributed by atoms with van der Waals surface area (Å²) in [5.41, 5.74) is 6.27. The first-order valence-corrected chi connectivity index (χ1v) is 6.49. The summed E-state index contributed by atoms with van der Waals surface area (Å²) < 4.78 is 1.58. The number of hydrogen-bond acceptors (Lipinski definition) is 4. The number of nitrogens with two attached hydrogens (primary N) is 1. The van der Waals surface area contributed by atoms with Crippen LogP contribution in [0.1, 0.15) is 45.3 Å². The highest BCUT2D eigenvalue weighted by atomic mass is 16.2. The van der Waals surface area contributed by atoms with E-state index in [1.807, 2.05) is 13.8 Å². The summed E-state index contributed by atoms with van der Waals surface area (Å²) in [6, 6.07) is -0.152. The minimum atomic E-state index is -0.344. The number of carbonyl (C=O) groups is 1. The number of rotatable bonds is 7. The average molecular weight is 253 g/mol. The van der Waals surface area contributed by atoms with Crippen LogP contribution in [-0.4, -0.2) is 33.5 Å². The van der Waals surface area contributed by atoms with Crippen LogP contribution in [0, 0.1) is 0 Å². The van der Waals surface area contributed by atoms with Crippen LogP contribution in [0.25, 0.3) is 0 Å². The van der Waals surface area contributed by atoms with Gasteiger partial charge in [-0.3, -0.25) is 4.79 Å². The lowest BCUT2D eigenvalue weighted by Gasteiger charge is -2.16. The van der Waals surface area contributed by atoms with Crippen LogP contribution in [0.15, 0.2) is 6.20 Å². The molecule has 2 unspecified atom stereocenters. The van der Waals surface area contributed by atoms with Gasteiger partial charge in [0.25, 0.3) is 0 Å². The Morgan fingerprint density at radius 3 is 2.89 bits per heavy atom. The Morgan fingerprint density at radius 2 is 2.28 bits per heavy atom. The van der Waals surface area contributed by atoms with E-state index in [9.17, 15) is 4.79 Å². The highest BCUT2D eigenvalue weighted by Crippen LogP contribution is 2.06. The zero-order valence-electron chi connectivity index (χ0n) is 11.4. The lowest BCUT2D eigenvalue weighted by molar-refractivity contribution is -0.124. The van der Waals surface area contributed by atoms with Crippen molar-refractivity contribution in [2.75, 3.05) is 6.54 Å². The first kappa shape index (κ1) is 14.6. The summed E-state index contributed by atoms with van der Waals surface area (Å²) in [5.74, 6) is -0.0276. The molecule has 3 N–H and O–H groups in total. The molecule has 6 nitrogen and oxygen atoms in total. The van der Waals surface area contributed by atoms with Crippen LogP contribution in [0.5, 0.6) is 0 Å². The molecule has 0 radical (unpaired) electrons. The average Bonchev–Trinajstić information content (AvgIpc) is 2.77. The number of nitrogens with one attached hydrogen (secondary N) is 1. The number of amides is 1. The van der Waals surface area contributed by atoms with Crippen molar-refractivity contribution in [2.45, 2.75) is 52.1 Å². The van der Waals surface area contributed by atoms with Gasteiger partial charge in [-0.2, -0.15) is 0 Å². The Balaban J connectivity index is 2.56. The summed E-state index contributed by atoms with van der Waals surface area (Å²) in [6.45, 7) is 6.46. The van der Waals surface area contributed by atoms with Crippen molar-refractivity contribution in [3.05, 3.63) is 11.9 Å². The van der Waals surface area contributed by atoms with Crippen molar-refractivity contribution in [2.24, 2.45) is 5.73 Å². The zero-order valence-corrected chi connectivity index (χ0v) is 11.4. The fourth-order valence-corrected chi connectivity index (χ4v) is 1.75. The smallest absolute Gasteiger partial charge is 0.244 e. The number of aromatic nitrogens is 3. The van der Waals surface area contributed by atoms with E-state index < -0.39 is 0 Å². The van der Waals surface area contributed by atoms with Crippen LogP contribution >= 0.6 is 0 Å². The first-order chi connectivity index (χ1) is 8.58. The molecular formula is C12H23N5O. The molecule has 0 saturated carbocycles. The summed E-state index contributed by atoms with van der Waals surface area (Å²) in [5, 5.41) is 10.9. The predicted octanol–water partition coefficient (Wildman–Crippen LogP) is 0.645. The van der Waals surface area contributed by atoms with Gasteiger partial charge in [0.2, 0.25) is 5.91 Å². The second-order valence-corrected chi connectivity index (χ2v) is 4.60. The molecule has 0 saturated heterocycles. The molecule has 2 atom stereocenters. The van der Waals surface area contributed by atoms with Gasteiger partial charge in [0, 0.05) is 18.7 Å². The van der Waals surface area contributed by atoms with Crippen LogP contribution in [0.3, 0.4) is 0 Å². The zero-order chi connectivity index (χ0) is 13.5. The molecule has 0 spiro atoms. The van der Waals surface area contributed by atoms with Gasteiger partial charge in [0.05, 0.1) is 5.69 Å². The highest BCUT2D eigenvalue weighted by Gasteiger charge is 2.18. The molecule has 1 aromatic rings. The Morgan fingerprint density at radius 1 is 1.56 bits per heavy atom. The second-order valence-electron chi connectivity index (χ2n) is 4.60. The molecule has 0 aliphatic rings. The summed E-state index contributed by atoms with van der Waals surface area (Å²) in [6.07, 6.45) is 4.50. The van der Waals surface area contributed by atoms with Crippen LogP contribution in [-0.2, 0) is 11.2 Å². The second kappa shape index (κ2) is 7.10. The van der Waals surface area contributed by atoms with Crippen molar-refractivity contribution >= 4 is 5.91 Å². The van der Waals surface area contributed by atoms with E-state index >= 15 is 0 Å². The Labute approximate surface area is 108 Å². The van der Waals surface area contributed by atoms with Gasteiger partial charge < -0.3 is 11.1 Å². The Kier molecular flexibility index (Phi) is 5.77. The van der Waals surface area contributed by atoms with Crippen molar-refractivity contribution < 1.29 is 4.79 Å².